The van der Waals surface area contributed by atoms with E-state index in [1.807, 2.05) is 0 Å². The molecular formula is C11H6Cl2F3N2. The zero-order chi connectivity index (χ0) is 13.5. The summed E-state index contributed by atoms with van der Waals surface area (Å²) in [5.41, 5.74) is -0.375. The van der Waals surface area contributed by atoms with Gasteiger partial charge in [0.15, 0.2) is 5.69 Å². The topological polar surface area (TPSA) is 17.8 Å². The van der Waals surface area contributed by atoms with Crippen LogP contribution in [0.25, 0.3) is 5.69 Å². The van der Waals surface area contributed by atoms with Crippen LogP contribution in [0.5, 0.6) is 0 Å². The van der Waals surface area contributed by atoms with Crippen molar-refractivity contribution in [3.05, 3.63) is 45.7 Å². The normalized spacial score (nSPS) is 11.9. The molecule has 18 heavy (non-hydrogen) atoms. The van der Waals surface area contributed by atoms with Crippen molar-refractivity contribution in [1.29, 1.82) is 0 Å². The number of rotatable bonds is 1. The molecule has 0 spiro atoms. The number of halogens is 5. The molecule has 1 aromatic carbocycles. The van der Waals surface area contributed by atoms with Crippen molar-refractivity contribution in [2.75, 3.05) is 0 Å². The summed E-state index contributed by atoms with van der Waals surface area (Å²) in [7, 11) is 0. The number of hydrogen-bond donors (Lipinski definition) is 0. The van der Waals surface area contributed by atoms with Crippen molar-refractivity contribution in [3.63, 3.8) is 0 Å². The van der Waals surface area contributed by atoms with Crippen molar-refractivity contribution < 1.29 is 13.2 Å². The molecule has 1 aromatic heterocycles. The number of aryl methyl sites for hydroxylation is 1. The standard InChI is InChI=1S/C11H6Cl2F3N2/c1-6-5-9(11(14,15)16)17-18(6)8-4-2-3-7(12)10(8)13/h2,4-5H,1H3. The Labute approximate surface area is 111 Å². The SMILES string of the molecule is Cc1cc(C(F)(F)F)nn1-c1cc[c]c(Cl)c1Cl. The summed E-state index contributed by atoms with van der Waals surface area (Å²) in [6.07, 6.45) is -4.49. The molecule has 1 radical (unpaired) electrons. The second kappa shape index (κ2) is 4.48. The lowest BCUT2D eigenvalue weighted by molar-refractivity contribution is -0.141. The third-order valence-corrected chi connectivity index (χ3v) is 3.05. The van der Waals surface area contributed by atoms with E-state index in [4.69, 9.17) is 23.2 Å². The molecule has 7 heteroatoms. The van der Waals surface area contributed by atoms with E-state index in [2.05, 4.69) is 11.2 Å². The van der Waals surface area contributed by atoms with Gasteiger partial charge in [0.05, 0.1) is 15.7 Å². The van der Waals surface area contributed by atoms with Gasteiger partial charge < -0.3 is 0 Å². The van der Waals surface area contributed by atoms with Crippen LogP contribution in [0.3, 0.4) is 0 Å². The Bertz CT molecular complexity index is 590. The molecule has 0 bridgehead atoms. The van der Waals surface area contributed by atoms with Crippen molar-refractivity contribution in [3.8, 4) is 5.69 Å². The fourth-order valence-corrected chi connectivity index (χ4v) is 1.82. The predicted octanol–water partition coefficient (Wildman–Crippen LogP) is 4.31. The first-order chi connectivity index (χ1) is 8.30. The summed E-state index contributed by atoms with van der Waals surface area (Å²) in [5, 5.41) is 3.73. The number of hydrogen-bond acceptors (Lipinski definition) is 1. The third-order valence-electron chi connectivity index (χ3n) is 2.27. The summed E-state index contributed by atoms with van der Waals surface area (Å²) in [5.74, 6) is 0. The summed E-state index contributed by atoms with van der Waals surface area (Å²) in [6.45, 7) is 1.50. The molecule has 95 valence electrons. The molecule has 0 atom stereocenters. The van der Waals surface area contributed by atoms with E-state index in [9.17, 15) is 13.2 Å². The molecule has 2 aromatic rings. The lowest BCUT2D eigenvalue weighted by Crippen LogP contribution is -2.07. The van der Waals surface area contributed by atoms with Crippen LogP contribution >= 0.6 is 23.2 Å². The maximum absolute atomic E-state index is 12.5. The minimum Gasteiger partial charge on any atom is -0.236 e. The number of aromatic nitrogens is 2. The highest BCUT2D eigenvalue weighted by molar-refractivity contribution is 6.43. The van der Waals surface area contributed by atoms with Crippen LogP contribution in [-0.2, 0) is 6.18 Å². The zero-order valence-electron chi connectivity index (χ0n) is 9.02. The predicted molar refractivity (Wildman–Crippen MR) is 62.2 cm³/mol. The second-order valence-corrected chi connectivity index (χ2v) is 4.33. The Morgan fingerprint density at radius 3 is 2.56 bits per heavy atom. The van der Waals surface area contributed by atoms with Crippen molar-refractivity contribution in [2.24, 2.45) is 0 Å². The molecule has 0 aliphatic heterocycles. The van der Waals surface area contributed by atoms with E-state index in [0.717, 1.165) is 10.7 Å². The molecule has 0 unspecified atom stereocenters. The van der Waals surface area contributed by atoms with Gasteiger partial charge in [0, 0.05) is 11.8 Å². The first kappa shape index (κ1) is 13.2. The van der Waals surface area contributed by atoms with Crippen LogP contribution < -0.4 is 0 Å². The van der Waals surface area contributed by atoms with Crippen LogP contribution in [0.2, 0.25) is 10.0 Å². The zero-order valence-corrected chi connectivity index (χ0v) is 10.5. The van der Waals surface area contributed by atoms with Crippen LogP contribution in [0.1, 0.15) is 11.4 Å². The van der Waals surface area contributed by atoms with Gasteiger partial charge in [-0.25, -0.2) is 4.68 Å². The van der Waals surface area contributed by atoms with Gasteiger partial charge in [0.1, 0.15) is 0 Å². The maximum atomic E-state index is 12.5. The highest BCUT2D eigenvalue weighted by atomic mass is 35.5. The van der Waals surface area contributed by atoms with Gasteiger partial charge in [-0.3, -0.25) is 0 Å². The Hall–Kier alpha value is -1.20. The molecule has 2 rings (SSSR count). The average Bonchev–Trinajstić information content (AvgIpc) is 2.64. The molecule has 0 saturated heterocycles. The van der Waals surface area contributed by atoms with E-state index < -0.39 is 11.9 Å². The maximum Gasteiger partial charge on any atom is 0.435 e. The van der Waals surface area contributed by atoms with Crippen molar-refractivity contribution in [2.45, 2.75) is 13.1 Å². The van der Waals surface area contributed by atoms with Crippen LogP contribution in [0.4, 0.5) is 13.2 Å². The number of alkyl halides is 3. The lowest BCUT2D eigenvalue weighted by atomic mass is 10.3. The number of nitrogens with zero attached hydrogens (tertiary/aromatic N) is 2. The van der Waals surface area contributed by atoms with Crippen LogP contribution in [0.15, 0.2) is 18.2 Å². The van der Waals surface area contributed by atoms with Gasteiger partial charge in [-0.15, -0.1) is 0 Å². The summed E-state index contributed by atoms with van der Waals surface area (Å²) in [4.78, 5) is 0. The van der Waals surface area contributed by atoms with Gasteiger partial charge in [0.2, 0.25) is 0 Å². The molecule has 0 N–H and O–H groups in total. The lowest BCUT2D eigenvalue weighted by Gasteiger charge is -2.07. The van der Waals surface area contributed by atoms with E-state index in [-0.39, 0.29) is 15.7 Å². The average molecular weight is 294 g/mol. The van der Waals surface area contributed by atoms with E-state index >= 15 is 0 Å². The molecule has 0 fully saturated rings. The molecule has 0 aliphatic carbocycles. The molecule has 2 nitrogen and oxygen atoms in total. The minimum absolute atomic E-state index is 0.110. The van der Waals surface area contributed by atoms with Crippen LogP contribution in [0, 0.1) is 13.0 Å². The first-order valence-corrected chi connectivity index (χ1v) is 5.56. The molecule has 1 heterocycles. The van der Waals surface area contributed by atoms with Crippen molar-refractivity contribution in [1.82, 2.24) is 9.78 Å². The quantitative estimate of drug-likeness (QED) is 0.766. The monoisotopic (exact) mass is 293 g/mol. The molecule has 0 aliphatic rings. The Balaban J connectivity index is 2.58. The van der Waals surface area contributed by atoms with Crippen molar-refractivity contribution >= 4 is 23.2 Å². The Morgan fingerprint density at radius 2 is 2.00 bits per heavy atom. The second-order valence-electron chi connectivity index (χ2n) is 3.57. The van der Waals surface area contributed by atoms with E-state index in [1.165, 1.54) is 19.1 Å². The molecule has 0 amide bonds. The Kier molecular flexibility index (Phi) is 3.29. The smallest absolute Gasteiger partial charge is 0.236 e. The molecular weight excluding hydrogens is 288 g/mol. The molecule has 0 saturated carbocycles. The first-order valence-electron chi connectivity index (χ1n) is 4.80. The van der Waals surface area contributed by atoms with Crippen LogP contribution in [-0.4, -0.2) is 9.78 Å². The summed E-state index contributed by atoms with van der Waals surface area (Å²) in [6, 6.07) is 6.55. The van der Waals surface area contributed by atoms with Gasteiger partial charge in [-0.2, -0.15) is 18.3 Å². The van der Waals surface area contributed by atoms with E-state index in [1.54, 1.807) is 0 Å². The highest BCUT2D eigenvalue weighted by Gasteiger charge is 2.34. The highest BCUT2D eigenvalue weighted by Crippen LogP contribution is 2.32. The minimum atomic E-state index is -4.49. The summed E-state index contributed by atoms with van der Waals surface area (Å²) < 4.78 is 38.7. The Morgan fingerprint density at radius 1 is 1.33 bits per heavy atom. The van der Waals surface area contributed by atoms with Gasteiger partial charge in [-0.05, 0) is 19.1 Å². The third kappa shape index (κ3) is 2.33. The van der Waals surface area contributed by atoms with Gasteiger partial charge >= 0.3 is 6.18 Å². The van der Waals surface area contributed by atoms with Gasteiger partial charge in [-0.1, -0.05) is 29.3 Å². The largest absolute Gasteiger partial charge is 0.435 e. The van der Waals surface area contributed by atoms with Gasteiger partial charge in [0.25, 0.3) is 0 Å². The van der Waals surface area contributed by atoms with E-state index in [0.29, 0.717) is 5.69 Å². The number of benzene rings is 1. The fraction of sp³-hybridized carbons (Fsp3) is 0.182. The fourth-order valence-electron chi connectivity index (χ4n) is 1.46. The summed E-state index contributed by atoms with van der Waals surface area (Å²) >= 11 is 11.7.